The van der Waals surface area contributed by atoms with Crippen LogP contribution in [-0.2, 0) is 0 Å². The van der Waals surface area contributed by atoms with E-state index in [0.717, 1.165) is 0 Å². The van der Waals surface area contributed by atoms with E-state index in [9.17, 15) is 4.79 Å². The molecule has 0 radical (unpaired) electrons. The number of nitriles is 1. The van der Waals surface area contributed by atoms with Gasteiger partial charge < -0.3 is 5.11 Å². The Bertz CT molecular complexity index is 332. The number of aromatic nitrogens is 1. The predicted octanol–water partition coefficient (Wildman–Crippen LogP) is 0.00298. The maximum atomic E-state index is 10.4. The minimum absolute atomic E-state index is 0. The fourth-order valence-corrected chi connectivity index (χ4v) is 0.667. The maximum absolute atomic E-state index is 10.4. The SMILES string of the molecule is N#Cc1ncccc1C(=O)O.[KH]. The molecule has 1 aromatic heterocycles. The monoisotopic (exact) mass is 188 g/mol. The summed E-state index contributed by atoms with van der Waals surface area (Å²) in [5.74, 6) is -1.13. The summed E-state index contributed by atoms with van der Waals surface area (Å²) in [6.45, 7) is 0. The summed E-state index contributed by atoms with van der Waals surface area (Å²) in [6.07, 6.45) is 1.38. The van der Waals surface area contributed by atoms with Crippen LogP contribution in [0.1, 0.15) is 16.1 Å². The van der Waals surface area contributed by atoms with E-state index in [1.807, 2.05) is 0 Å². The predicted molar refractivity (Wildman–Crippen MR) is 43.1 cm³/mol. The molecule has 0 atom stereocenters. The third kappa shape index (κ3) is 2.66. The minimum atomic E-state index is -1.13. The number of hydrogen-bond acceptors (Lipinski definition) is 3. The van der Waals surface area contributed by atoms with Crippen LogP contribution in [0.25, 0.3) is 0 Å². The molecule has 0 fully saturated rings. The summed E-state index contributed by atoms with van der Waals surface area (Å²) in [6, 6.07) is 4.50. The number of pyridine rings is 1. The van der Waals surface area contributed by atoms with Gasteiger partial charge in [0, 0.05) is 6.20 Å². The fraction of sp³-hybridized carbons (Fsp3) is 0. The van der Waals surface area contributed by atoms with Crippen LogP contribution in [0, 0.1) is 11.3 Å². The van der Waals surface area contributed by atoms with Crippen molar-refractivity contribution in [3.8, 4) is 6.07 Å². The first kappa shape index (κ1) is 11.7. The number of carbonyl (C=O) groups is 1. The van der Waals surface area contributed by atoms with Crippen LogP contribution < -0.4 is 0 Å². The van der Waals surface area contributed by atoms with E-state index in [0.29, 0.717) is 0 Å². The molecule has 0 amide bonds. The molecule has 0 saturated carbocycles. The molecule has 1 rings (SSSR count). The number of carboxylic acid groups (broad SMARTS) is 1. The molecule has 0 aliphatic carbocycles. The number of nitrogens with zero attached hydrogens (tertiary/aromatic N) is 2. The van der Waals surface area contributed by atoms with Crippen LogP contribution in [0.2, 0.25) is 0 Å². The number of hydrogen-bond donors (Lipinski definition) is 1. The Labute approximate surface area is 112 Å². The standard InChI is InChI=1S/C7H4N2O2.K.H/c8-4-6-5(7(10)11)2-1-3-9-6;;/h1-3H,(H,10,11);;. The number of carboxylic acids is 1. The molecule has 0 aliphatic rings. The van der Waals surface area contributed by atoms with Crippen LogP contribution in [-0.4, -0.2) is 67.4 Å². The molecule has 0 saturated heterocycles. The van der Waals surface area contributed by atoms with Gasteiger partial charge >= 0.3 is 57.4 Å². The number of rotatable bonds is 1. The van der Waals surface area contributed by atoms with Crippen molar-refractivity contribution in [3.05, 3.63) is 29.6 Å². The van der Waals surface area contributed by atoms with Gasteiger partial charge in [0.05, 0.1) is 5.56 Å². The van der Waals surface area contributed by atoms with Crippen molar-refractivity contribution in [3.63, 3.8) is 0 Å². The van der Waals surface area contributed by atoms with Gasteiger partial charge in [-0.15, -0.1) is 0 Å². The van der Waals surface area contributed by atoms with Crippen LogP contribution in [0.4, 0.5) is 0 Å². The molecule has 0 spiro atoms. The average Bonchev–Trinajstić information content (AvgIpc) is 2.04. The van der Waals surface area contributed by atoms with E-state index in [2.05, 4.69) is 4.98 Å². The zero-order valence-electron chi connectivity index (χ0n) is 5.48. The molecule has 0 unspecified atom stereocenters. The van der Waals surface area contributed by atoms with Gasteiger partial charge in [-0.2, -0.15) is 5.26 Å². The van der Waals surface area contributed by atoms with Crippen molar-refractivity contribution in [1.82, 2.24) is 4.98 Å². The molecule has 12 heavy (non-hydrogen) atoms. The molecule has 0 bridgehead atoms. The van der Waals surface area contributed by atoms with Crippen molar-refractivity contribution in [2.45, 2.75) is 0 Å². The van der Waals surface area contributed by atoms with Gasteiger partial charge in [0.15, 0.2) is 5.69 Å². The third-order valence-corrected chi connectivity index (χ3v) is 1.14. The summed E-state index contributed by atoms with van der Waals surface area (Å²) in [7, 11) is 0. The normalized spacial score (nSPS) is 7.92. The zero-order chi connectivity index (χ0) is 8.27. The first-order valence-electron chi connectivity index (χ1n) is 2.84. The molecule has 5 heteroatoms. The Hall–Kier alpha value is -0.254. The zero-order valence-corrected chi connectivity index (χ0v) is 5.48. The molecule has 1 heterocycles. The molecular formula is C7H5KN2O2. The van der Waals surface area contributed by atoms with Crippen LogP contribution >= 0.6 is 0 Å². The van der Waals surface area contributed by atoms with Gasteiger partial charge in [-0.3, -0.25) is 0 Å². The quantitative estimate of drug-likeness (QED) is 0.630. The summed E-state index contributed by atoms with van der Waals surface area (Å²) >= 11 is 0. The average molecular weight is 188 g/mol. The van der Waals surface area contributed by atoms with Crippen LogP contribution in [0.3, 0.4) is 0 Å². The summed E-state index contributed by atoms with van der Waals surface area (Å²) < 4.78 is 0. The van der Waals surface area contributed by atoms with Crippen LogP contribution in [0.5, 0.6) is 0 Å². The molecule has 56 valence electrons. The van der Waals surface area contributed by atoms with Gasteiger partial charge in [0.1, 0.15) is 6.07 Å². The molecule has 4 nitrogen and oxygen atoms in total. The molecule has 0 aromatic carbocycles. The topological polar surface area (TPSA) is 74.0 Å². The van der Waals surface area contributed by atoms with Gasteiger partial charge in [0.25, 0.3) is 0 Å². The fourth-order valence-electron chi connectivity index (χ4n) is 0.667. The molecule has 1 N–H and O–H groups in total. The Morgan fingerprint density at radius 3 is 2.75 bits per heavy atom. The van der Waals surface area contributed by atoms with Crippen molar-refractivity contribution < 1.29 is 9.90 Å². The van der Waals surface area contributed by atoms with Crippen molar-refractivity contribution in [1.29, 1.82) is 5.26 Å². The number of aromatic carboxylic acids is 1. The second-order valence-corrected chi connectivity index (χ2v) is 1.82. The Morgan fingerprint density at radius 2 is 2.33 bits per heavy atom. The van der Waals surface area contributed by atoms with E-state index in [4.69, 9.17) is 10.4 Å². The van der Waals surface area contributed by atoms with E-state index < -0.39 is 5.97 Å². The Balaban J connectivity index is 0.00000121. The summed E-state index contributed by atoms with van der Waals surface area (Å²) in [4.78, 5) is 14.0. The van der Waals surface area contributed by atoms with Crippen molar-refractivity contribution in [2.75, 3.05) is 0 Å². The van der Waals surface area contributed by atoms with Crippen molar-refractivity contribution >= 4 is 57.4 Å². The Morgan fingerprint density at radius 1 is 1.67 bits per heavy atom. The summed E-state index contributed by atoms with van der Waals surface area (Å²) in [5, 5.41) is 16.9. The van der Waals surface area contributed by atoms with E-state index in [1.54, 1.807) is 6.07 Å². The van der Waals surface area contributed by atoms with E-state index >= 15 is 0 Å². The molecular weight excluding hydrogens is 183 g/mol. The second kappa shape index (κ2) is 5.40. The molecule has 0 aliphatic heterocycles. The van der Waals surface area contributed by atoms with Gasteiger partial charge in [-0.05, 0) is 12.1 Å². The van der Waals surface area contributed by atoms with E-state index in [1.165, 1.54) is 18.3 Å². The second-order valence-electron chi connectivity index (χ2n) is 1.82. The van der Waals surface area contributed by atoms with Crippen molar-refractivity contribution in [2.24, 2.45) is 0 Å². The molecule has 1 aromatic rings. The Kier molecular flexibility index (Phi) is 5.29. The van der Waals surface area contributed by atoms with Gasteiger partial charge in [0.2, 0.25) is 0 Å². The van der Waals surface area contributed by atoms with Gasteiger partial charge in [-0.25, -0.2) is 9.78 Å². The summed E-state index contributed by atoms with van der Waals surface area (Å²) in [5.41, 5.74) is -0.116. The first-order chi connectivity index (χ1) is 5.25. The first-order valence-corrected chi connectivity index (χ1v) is 2.84. The van der Waals surface area contributed by atoms with Crippen LogP contribution in [0.15, 0.2) is 18.3 Å². The third-order valence-electron chi connectivity index (χ3n) is 1.14. The van der Waals surface area contributed by atoms with E-state index in [-0.39, 0.29) is 62.6 Å². The van der Waals surface area contributed by atoms with Gasteiger partial charge in [-0.1, -0.05) is 0 Å².